The monoisotopic (exact) mass is 294 g/mol. The van der Waals surface area contributed by atoms with Crippen LogP contribution in [0.1, 0.15) is 22.8 Å². The minimum atomic E-state index is -0.696. The molecule has 1 heterocycles. The molecular weight excluding hydrogens is 276 g/mol. The molecule has 0 bridgehead atoms. The second-order valence-electron chi connectivity index (χ2n) is 4.99. The van der Waals surface area contributed by atoms with Crippen LogP contribution in [0.25, 0.3) is 0 Å². The second-order valence-corrected chi connectivity index (χ2v) is 4.99. The number of esters is 1. The molecule has 7 heteroatoms. The molecule has 0 N–H and O–H groups in total. The molecule has 0 aliphatic carbocycles. The molecule has 0 saturated carbocycles. The summed E-state index contributed by atoms with van der Waals surface area (Å²) in [6.07, 6.45) is 0. The van der Waals surface area contributed by atoms with E-state index in [-0.39, 0.29) is 17.3 Å². The number of hydrogen-bond acceptors (Lipinski definition) is 6. The van der Waals surface area contributed by atoms with E-state index >= 15 is 0 Å². The number of rotatable bonds is 4. The normalized spacial score (nSPS) is 19.2. The molecule has 1 aliphatic heterocycles. The molecule has 114 valence electrons. The highest BCUT2D eigenvalue weighted by Gasteiger charge is 2.23. The Morgan fingerprint density at radius 2 is 2.33 bits per heavy atom. The van der Waals surface area contributed by atoms with Crippen molar-refractivity contribution in [2.24, 2.45) is 0 Å². The first-order chi connectivity index (χ1) is 10.0. The quantitative estimate of drug-likeness (QED) is 0.476. The summed E-state index contributed by atoms with van der Waals surface area (Å²) in [5, 5.41) is 11.0. The Bertz CT molecular complexity index is 546. The molecule has 2 rings (SSSR count). The fourth-order valence-corrected chi connectivity index (χ4v) is 2.35. The van der Waals surface area contributed by atoms with Gasteiger partial charge >= 0.3 is 5.97 Å². The lowest BCUT2D eigenvalue weighted by atomic mass is 10.1. The summed E-state index contributed by atoms with van der Waals surface area (Å²) in [6.45, 7) is 4.81. The Labute approximate surface area is 122 Å². The molecule has 1 unspecified atom stereocenters. The van der Waals surface area contributed by atoms with Crippen molar-refractivity contribution in [3.63, 3.8) is 0 Å². The first-order valence-electron chi connectivity index (χ1n) is 6.70. The molecule has 1 aromatic rings. The van der Waals surface area contributed by atoms with Gasteiger partial charge in [-0.25, -0.2) is 4.79 Å². The fraction of sp³-hybridized carbons (Fsp3) is 0.500. The summed E-state index contributed by atoms with van der Waals surface area (Å²) < 4.78 is 9.99. The Kier molecular flexibility index (Phi) is 4.87. The van der Waals surface area contributed by atoms with E-state index in [2.05, 4.69) is 16.6 Å². The largest absolute Gasteiger partial charge is 0.465 e. The second kappa shape index (κ2) is 6.64. The van der Waals surface area contributed by atoms with Gasteiger partial charge in [0.25, 0.3) is 5.69 Å². The zero-order valence-corrected chi connectivity index (χ0v) is 12.1. The molecule has 1 fully saturated rings. The Balaban J connectivity index is 2.24. The van der Waals surface area contributed by atoms with E-state index in [1.54, 1.807) is 6.07 Å². The summed E-state index contributed by atoms with van der Waals surface area (Å²) in [6, 6.07) is 4.83. The molecular formula is C14H18N2O5. The summed E-state index contributed by atoms with van der Waals surface area (Å²) in [7, 11) is 1.21. The molecule has 1 saturated heterocycles. The van der Waals surface area contributed by atoms with Crippen LogP contribution in [0.3, 0.4) is 0 Å². The van der Waals surface area contributed by atoms with Gasteiger partial charge in [0.2, 0.25) is 0 Å². The maximum Gasteiger partial charge on any atom is 0.344 e. The van der Waals surface area contributed by atoms with Crippen molar-refractivity contribution >= 4 is 11.7 Å². The summed E-state index contributed by atoms with van der Waals surface area (Å²) in [5.74, 6) is -0.696. The van der Waals surface area contributed by atoms with E-state index in [0.29, 0.717) is 19.8 Å². The molecule has 0 amide bonds. The maximum absolute atomic E-state index is 11.7. The summed E-state index contributed by atoms with van der Waals surface area (Å²) in [4.78, 5) is 24.3. The molecule has 1 atom stereocenters. The van der Waals surface area contributed by atoms with Crippen molar-refractivity contribution in [2.45, 2.75) is 19.5 Å². The Morgan fingerprint density at radius 3 is 2.95 bits per heavy atom. The van der Waals surface area contributed by atoms with Crippen LogP contribution in [-0.4, -0.2) is 48.7 Å². The van der Waals surface area contributed by atoms with Gasteiger partial charge in [0, 0.05) is 25.2 Å². The Morgan fingerprint density at radius 1 is 1.57 bits per heavy atom. The molecule has 1 aromatic carbocycles. The number of carbonyl (C=O) groups is 1. The SMILES string of the molecule is COC(=O)c1cc(CN2CCOCC2C)ccc1[N+](=O)[O-]. The lowest BCUT2D eigenvalue weighted by Crippen LogP contribution is -2.42. The van der Waals surface area contributed by atoms with Crippen LogP contribution in [0.5, 0.6) is 0 Å². The molecule has 0 spiro atoms. The van der Waals surface area contributed by atoms with Crippen LogP contribution in [0, 0.1) is 10.1 Å². The number of ether oxygens (including phenoxy) is 2. The van der Waals surface area contributed by atoms with Crippen LogP contribution in [0.2, 0.25) is 0 Å². The third kappa shape index (κ3) is 3.56. The first-order valence-corrected chi connectivity index (χ1v) is 6.70. The minimum absolute atomic E-state index is 0.0130. The molecule has 0 radical (unpaired) electrons. The average molecular weight is 294 g/mol. The number of morpholine rings is 1. The first kappa shape index (κ1) is 15.4. The van der Waals surface area contributed by atoms with Gasteiger partial charge in [-0.05, 0) is 18.6 Å². The number of methoxy groups -OCH3 is 1. The van der Waals surface area contributed by atoms with E-state index < -0.39 is 10.9 Å². The highest BCUT2D eigenvalue weighted by Crippen LogP contribution is 2.22. The van der Waals surface area contributed by atoms with Gasteiger partial charge in [-0.2, -0.15) is 0 Å². The number of nitrogens with zero attached hydrogens (tertiary/aromatic N) is 2. The number of carbonyl (C=O) groups excluding carboxylic acids is 1. The topological polar surface area (TPSA) is 81.9 Å². The zero-order valence-electron chi connectivity index (χ0n) is 12.1. The standard InChI is InChI=1S/C14H18N2O5/c1-10-9-21-6-5-15(10)8-11-3-4-13(16(18)19)12(7-11)14(17)20-2/h3-4,7,10H,5-6,8-9H2,1-2H3. The summed E-state index contributed by atoms with van der Waals surface area (Å²) >= 11 is 0. The van der Waals surface area contributed by atoms with Crippen molar-refractivity contribution in [3.05, 3.63) is 39.4 Å². The zero-order chi connectivity index (χ0) is 15.4. The third-order valence-corrected chi connectivity index (χ3v) is 3.55. The van der Waals surface area contributed by atoms with E-state index in [4.69, 9.17) is 4.74 Å². The van der Waals surface area contributed by atoms with Crippen LogP contribution in [0.15, 0.2) is 18.2 Å². The van der Waals surface area contributed by atoms with Gasteiger partial charge in [0.05, 0.1) is 25.2 Å². The van der Waals surface area contributed by atoms with Gasteiger partial charge in [0.15, 0.2) is 0 Å². The van der Waals surface area contributed by atoms with E-state index in [1.165, 1.54) is 19.2 Å². The predicted molar refractivity (Wildman–Crippen MR) is 75.1 cm³/mol. The highest BCUT2D eigenvalue weighted by atomic mass is 16.6. The van der Waals surface area contributed by atoms with Gasteiger partial charge < -0.3 is 9.47 Å². The Hall–Kier alpha value is -1.99. The molecule has 1 aliphatic rings. The van der Waals surface area contributed by atoms with E-state index in [9.17, 15) is 14.9 Å². The minimum Gasteiger partial charge on any atom is -0.465 e. The van der Waals surface area contributed by atoms with Crippen molar-refractivity contribution in [1.29, 1.82) is 0 Å². The van der Waals surface area contributed by atoms with Crippen molar-refractivity contribution in [3.8, 4) is 0 Å². The smallest absolute Gasteiger partial charge is 0.344 e. The van der Waals surface area contributed by atoms with Gasteiger partial charge in [0.1, 0.15) is 5.56 Å². The van der Waals surface area contributed by atoms with Crippen LogP contribution in [0.4, 0.5) is 5.69 Å². The summed E-state index contributed by atoms with van der Waals surface area (Å²) in [5.41, 5.74) is 0.594. The predicted octanol–water partition coefficient (Wildman–Crippen LogP) is 1.60. The van der Waals surface area contributed by atoms with Crippen LogP contribution >= 0.6 is 0 Å². The number of benzene rings is 1. The van der Waals surface area contributed by atoms with E-state index in [1.807, 2.05) is 0 Å². The maximum atomic E-state index is 11.7. The van der Waals surface area contributed by atoms with Gasteiger partial charge in [-0.1, -0.05) is 6.07 Å². The molecule has 21 heavy (non-hydrogen) atoms. The van der Waals surface area contributed by atoms with Crippen molar-refractivity contribution in [2.75, 3.05) is 26.9 Å². The third-order valence-electron chi connectivity index (χ3n) is 3.55. The van der Waals surface area contributed by atoms with Crippen molar-refractivity contribution in [1.82, 2.24) is 4.90 Å². The van der Waals surface area contributed by atoms with Gasteiger partial charge in [-0.3, -0.25) is 15.0 Å². The average Bonchev–Trinajstić information content (AvgIpc) is 2.48. The van der Waals surface area contributed by atoms with Crippen LogP contribution < -0.4 is 0 Å². The number of nitro benzene ring substituents is 1. The fourth-order valence-electron chi connectivity index (χ4n) is 2.35. The van der Waals surface area contributed by atoms with Gasteiger partial charge in [-0.15, -0.1) is 0 Å². The lowest BCUT2D eigenvalue weighted by Gasteiger charge is -2.33. The number of nitro groups is 1. The molecule has 7 nitrogen and oxygen atoms in total. The van der Waals surface area contributed by atoms with Crippen LogP contribution in [-0.2, 0) is 16.0 Å². The highest BCUT2D eigenvalue weighted by molar-refractivity contribution is 5.94. The van der Waals surface area contributed by atoms with Crippen molar-refractivity contribution < 1.29 is 19.2 Å². The lowest BCUT2D eigenvalue weighted by molar-refractivity contribution is -0.385. The van der Waals surface area contributed by atoms with E-state index in [0.717, 1.165) is 12.1 Å². The molecule has 0 aromatic heterocycles. The number of hydrogen-bond donors (Lipinski definition) is 0.